The highest BCUT2D eigenvalue weighted by atomic mass is 32.1. The molecule has 42 heavy (non-hydrogen) atoms. The molecule has 2 amide bonds. The molecule has 3 atom stereocenters. The lowest BCUT2D eigenvalue weighted by atomic mass is 9.63. The monoisotopic (exact) mass is 615 g/mol. The summed E-state index contributed by atoms with van der Waals surface area (Å²) in [5.41, 5.74) is 5.20. The molecule has 0 saturated carbocycles. The number of nitrogens with one attached hydrogen (secondary N) is 1. The Morgan fingerprint density at radius 1 is 1.14 bits per heavy atom. The predicted octanol–water partition coefficient (Wildman–Crippen LogP) is 4.86. The molecule has 1 aliphatic carbocycles. The maximum absolute atomic E-state index is 14.1. The number of aromatic nitrogens is 2. The van der Waals surface area contributed by atoms with E-state index in [1.807, 2.05) is 13.8 Å². The first-order chi connectivity index (χ1) is 19.7. The van der Waals surface area contributed by atoms with Crippen molar-refractivity contribution in [2.24, 2.45) is 17.1 Å². The minimum absolute atomic E-state index is 0.111. The summed E-state index contributed by atoms with van der Waals surface area (Å²) in [5, 5.41) is 19.2. The number of alkyl halides is 3. The lowest BCUT2D eigenvalue weighted by Gasteiger charge is -2.42. The minimum atomic E-state index is -4.71. The summed E-state index contributed by atoms with van der Waals surface area (Å²) in [6.07, 6.45) is -2.06. The van der Waals surface area contributed by atoms with Crippen molar-refractivity contribution in [1.82, 2.24) is 15.1 Å². The second kappa shape index (κ2) is 13.7. The fourth-order valence-electron chi connectivity index (χ4n) is 5.30. The third-order valence-corrected chi connectivity index (χ3v) is 7.94. The lowest BCUT2D eigenvalue weighted by molar-refractivity contribution is -0.138. The van der Waals surface area contributed by atoms with Gasteiger partial charge in [-0.3, -0.25) is 9.59 Å². The zero-order chi connectivity index (χ0) is 31.2. The molecule has 1 unspecified atom stereocenters. The molecule has 0 fully saturated rings. The molecule has 0 bridgehead atoms. The van der Waals surface area contributed by atoms with Crippen LogP contribution in [0, 0.1) is 23.0 Å². The first-order valence-electron chi connectivity index (χ1n) is 13.5. The Balaban J connectivity index is 2.02. The van der Waals surface area contributed by atoms with Crippen LogP contribution in [0.3, 0.4) is 0 Å². The molecule has 1 aromatic carbocycles. The van der Waals surface area contributed by atoms with E-state index in [9.17, 15) is 36.6 Å². The second-order valence-electron chi connectivity index (χ2n) is 10.4. The summed E-state index contributed by atoms with van der Waals surface area (Å²) in [7, 11) is 0. The van der Waals surface area contributed by atoms with Gasteiger partial charge in [-0.05, 0) is 50.3 Å². The van der Waals surface area contributed by atoms with E-state index in [2.05, 4.69) is 15.5 Å². The van der Waals surface area contributed by atoms with Gasteiger partial charge in [0.1, 0.15) is 11.6 Å². The summed E-state index contributed by atoms with van der Waals surface area (Å²) in [4.78, 5) is 28.5. The van der Waals surface area contributed by atoms with Crippen molar-refractivity contribution in [2.75, 3.05) is 25.0 Å². The first kappa shape index (κ1) is 33.1. The number of benzene rings is 1. The quantitative estimate of drug-likeness (QED) is 0.277. The highest BCUT2D eigenvalue weighted by molar-refractivity contribution is 7.15. The fourth-order valence-corrected chi connectivity index (χ4v) is 5.92. The topological polar surface area (TPSA) is 121 Å². The highest BCUT2D eigenvalue weighted by Crippen LogP contribution is 2.44. The Bertz CT molecular complexity index is 1320. The molecule has 0 saturated heterocycles. The van der Waals surface area contributed by atoms with Crippen molar-refractivity contribution in [3.8, 4) is 0 Å². The number of hydrogen-bond acceptors (Lipinski definition) is 7. The molecule has 1 heterocycles. The molecule has 4 N–H and O–H groups in total. The number of hydrogen-bond donors (Lipinski definition) is 3. The third-order valence-electron chi connectivity index (χ3n) is 7.01. The van der Waals surface area contributed by atoms with Gasteiger partial charge in [-0.2, -0.15) is 13.2 Å². The van der Waals surface area contributed by atoms with Gasteiger partial charge < -0.3 is 21.1 Å². The number of halogens is 5. The summed E-state index contributed by atoms with van der Waals surface area (Å²) < 4.78 is 67.2. The highest BCUT2D eigenvalue weighted by Gasteiger charge is 2.48. The Kier molecular flexibility index (Phi) is 10.8. The van der Waals surface area contributed by atoms with Gasteiger partial charge in [-0.25, -0.2) is 8.78 Å². The number of aliphatic hydroxyl groups excluding tert-OH is 1. The summed E-state index contributed by atoms with van der Waals surface area (Å²) in [6, 6.07) is 2.78. The van der Waals surface area contributed by atoms with Gasteiger partial charge in [-0.15, -0.1) is 10.2 Å². The number of aliphatic hydroxyl groups is 1. The number of carbonyl (C=O) groups is 2. The van der Waals surface area contributed by atoms with Crippen LogP contribution >= 0.6 is 11.3 Å². The molecule has 1 aliphatic rings. The molecule has 8 nitrogen and oxygen atoms in total. The maximum Gasteiger partial charge on any atom is 0.445 e. The van der Waals surface area contributed by atoms with Gasteiger partial charge in [0.25, 0.3) is 0 Å². The van der Waals surface area contributed by atoms with Crippen molar-refractivity contribution in [3.05, 3.63) is 63.7 Å². The zero-order valence-electron chi connectivity index (χ0n) is 23.5. The van der Waals surface area contributed by atoms with Crippen LogP contribution in [0.4, 0.5) is 27.1 Å². The van der Waals surface area contributed by atoms with E-state index in [0.29, 0.717) is 37.6 Å². The van der Waals surface area contributed by atoms with Crippen LogP contribution < -0.4 is 11.1 Å². The van der Waals surface area contributed by atoms with E-state index < -0.39 is 52.7 Å². The molecular weight excluding hydrogens is 581 g/mol. The van der Waals surface area contributed by atoms with Crippen molar-refractivity contribution in [1.29, 1.82) is 0 Å². The molecule has 230 valence electrons. The second-order valence-corrected chi connectivity index (χ2v) is 11.4. The van der Waals surface area contributed by atoms with Crippen LogP contribution in [0.1, 0.15) is 50.6 Å². The van der Waals surface area contributed by atoms with Crippen molar-refractivity contribution < 1.29 is 36.6 Å². The number of nitrogens with two attached hydrogens (primary N) is 1. The van der Waals surface area contributed by atoms with Crippen molar-refractivity contribution in [2.45, 2.75) is 58.7 Å². The number of anilines is 1. The van der Waals surface area contributed by atoms with E-state index in [4.69, 9.17) is 5.73 Å². The summed E-state index contributed by atoms with van der Waals surface area (Å²) >= 11 is 0.228. The van der Waals surface area contributed by atoms with E-state index in [-0.39, 0.29) is 46.4 Å². The Morgan fingerprint density at radius 2 is 1.76 bits per heavy atom. The van der Waals surface area contributed by atoms with Gasteiger partial charge >= 0.3 is 6.18 Å². The number of amides is 2. The zero-order valence-corrected chi connectivity index (χ0v) is 24.3. The van der Waals surface area contributed by atoms with E-state index >= 15 is 0 Å². The smallest absolute Gasteiger partial charge is 0.391 e. The number of carbonyl (C=O) groups excluding carboxylic acids is 2. The number of primary amides is 1. The Hall–Kier alpha value is -3.39. The van der Waals surface area contributed by atoms with Crippen LogP contribution in [0.15, 0.2) is 41.5 Å². The van der Waals surface area contributed by atoms with Gasteiger partial charge in [0.15, 0.2) is 0 Å². The van der Waals surface area contributed by atoms with E-state index in [0.717, 1.165) is 12.1 Å². The minimum Gasteiger partial charge on any atom is -0.391 e. The maximum atomic E-state index is 14.1. The molecule has 2 aromatic rings. The predicted molar refractivity (Wildman–Crippen MR) is 148 cm³/mol. The molecular formula is C28H34F5N5O3S. The first-order valence-corrected chi connectivity index (χ1v) is 14.3. The van der Waals surface area contributed by atoms with E-state index in [1.165, 1.54) is 6.08 Å². The molecule has 14 heteroatoms. The van der Waals surface area contributed by atoms with Crippen LogP contribution in [0.5, 0.6) is 0 Å². The average molecular weight is 616 g/mol. The third kappa shape index (κ3) is 7.91. The lowest BCUT2D eigenvalue weighted by Crippen LogP contribution is -2.51. The number of nitrogens with zero attached hydrogens (tertiary/aromatic N) is 3. The summed E-state index contributed by atoms with van der Waals surface area (Å²) in [6.45, 7) is 6.08. The van der Waals surface area contributed by atoms with Gasteiger partial charge in [0.05, 0.1) is 11.5 Å². The Morgan fingerprint density at radius 3 is 2.29 bits per heavy atom. The standard InChI is InChI=1S/C28H34F5N5O3S/c1-4-6-38(7-5-2)23(40)18-8-16(3)13-27(14-18,24(34)41)21(11-17-9-19(29)12-20(30)10-17)22(39)15-35-26-37-36-25(42-26)28(31,32)33/h8-10,12-13,21-22,39H,4-7,11,14-15H2,1-3H3,(H2,34,41)(H,35,37)/t21-,22+,27?/m1/s1. The van der Waals surface area contributed by atoms with Crippen molar-refractivity contribution >= 4 is 28.3 Å². The Labute approximate surface area is 244 Å². The van der Waals surface area contributed by atoms with Crippen LogP contribution in [-0.2, 0) is 22.2 Å². The molecule has 0 radical (unpaired) electrons. The fraction of sp³-hybridized carbons (Fsp3) is 0.500. The number of allylic oxidation sites excluding steroid dienone is 2. The van der Waals surface area contributed by atoms with Crippen LogP contribution in [0.25, 0.3) is 0 Å². The SMILES string of the molecule is CCCN(CCC)C(=O)C1=CC(C)=CC(C(N)=O)([C@H](Cc2cc(F)cc(F)c2)[C@@H](O)CNc2nnc(C(F)(F)F)s2)C1. The van der Waals surface area contributed by atoms with E-state index in [1.54, 1.807) is 17.9 Å². The van der Waals surface area contributed by atoms with Crippen molar-refractivity contribution in [3.63, 3.8) is 0 Å². The van der Waals surface area contributed by atoms with Gasteiger partial charge in [0.2, 0.25) is 22.0 Å². The number of rotatable bonds is 13. The molecule has 0 spiro atoms. The summed E-state index contributed by atoms with van der Waals surface area (Å²) in [5.74, 6) is -4.09. The molecule has 1 aromatic heterocycles. The van der Waals surface area contributed by atoms with Crippen LogP contribution in [-0.4, -0.2) is 57.8 Å². The normalized spacial score (nSPS) is 18.6. The van der Waals surface area contributed by atoms with Gasteiger partial charge in [-0.1, -0.05) is 42.9 Å². The average Bonchev–Trinajstić information content (AvgIpc) is 3.39. The largest absolute Gasteiger partial charge is 0.445 e. The van der Waals surface area contributed by atoms with Crippen LogP contribution in [0.2, 0.25) is 0 Å². The van der Waals surface area contributed by atoms with Gasteiger partial charge in [0, 0.05) is 37.2 Å². The molecule has 3 rings (SSSR count). The molecule has 0 aliphatic heterocycles.